The summed E-state index contributed by atoms with van der Waals surface area (Å²) in [5, 5.41) is 7.13. The van der Waals surface area contributed by atoms with E-state index in [-0.39, 0.29) is 24.1 Å². The number of anilines is 1. The highest BCUT2D eigenvalue weighted by atomic mass is 32.2. The fourth-order valence-corrected chi connectivity index (χ4v) is 4.96. The number of hydrogen-bond acceptors (Lipinski definition) is 4. The summed E-state index contributed by atoms with van der Waals surface area (Å²) in [5.74, 6) is -0.306. The normalized spacial score (nSPS) is 18.3. The van der Waals surface area contributed by atoms with Gasteiger partial charge in [0.2, 0.25) is 15.9 Å². The number of aromatic nitrogens is 2. The third-order valence-electron chi connectivity index (χ3n) is 4.71. The molecule has 0 spiro atoms. The second-order valence-corrected chi connectivity index (χ2v) is 8.99. The maximum Gasteiger partial charge on any atom is 0.228 e. The number of piperidine rings is 1. The molecule has 0 aliphatic carbocycles. The van der Waals surface area contributed by atoms with Crippen molar-refractivity contribution in [3.63, 3.8) is 0 Å². The molecule has 1 aromatic heterocycles. The van der Waals surface area contributed by atoms with E-state index >= 15 is 0 Å². The van der Waals surface area contributed by atoms with E-state index in [0.29, 0.717) is 32.4 Å². The van der Waals surface area contributed by atoms with Crippen molar-refractivity contribution < 1.29 is 13.2 Å². The van der Waals surface area contributed by atoms with Crippen molar-refractivity contribution in [2.24, 2.45) is 5.92 Å². The molecule has 1 N–H and O–H groups in total. The molecular weight excluding hydrogens is 364 g/mol. The van der Waals surface area contributed by atoms with Gasteiger partial charge in [-0.15, -0.1) is 0 Å². The van der Waals surface area contributed by atoms with Crippen molar-refractivity contribution in [1.29, 1.82) is 0 Å². The van der Waals surface area contributed by atoms with Crippen molar-refractivity contribution in [2.45, 2.75) is 32.7 Å². The first-order valence-electron chi connectivity index (χ1n) is 9.33. The fraction of sp³-hybridized carbons (Fsp3) is 0.474. The minimum Gasteiger partial charge on any atom is -0.326 e. The maximum absolute atomic E-state index is 12.7. The second-order valence-electron chi connectivity index (χ2n) is 6.91. The van der Waals surface area contributed by atoms with Crippen molar-refractivity contribution in [3.8, 4) is 0 Å². The Hall–Kier alpha value is -2.19. The zero-order chi connectivity index (χ0) is 19.3. The third kappa shape index (κ3) is 5.17. The average Bonchev–Trinajstić information content (AvgIpc) is 3.15. The van der Waals surface area contributed by atoms with Crippen molar-refractivity contribution in [1.82, 2.24) is 14.1 Å². The Morgan fingerprint density at radius 3 is 2.93 bits per heavy atom. The number of carbonyl (C=O) groups excluding carboxylic acids is 1. The Morgan fingerprint density at radius 2 is 2.19 bits per heavy atom. The average molecular weight is 391 g/mol. The first-order valence-corrected chi connectivity index (χ1v) is 10.9. The molecule has 7 nitrogen and oxygen atoms in total. The highest BCUT2D eigenvalue weighted by Gasteiger charge is 2.31. The molecule has 1 amide bonds. The molecule has 1 atom stereocenters. The first-order chi connectivity index (χ1) is 13.0. The summed E-state index contributed by atoms with van der Waals surface area (Å²) in [6, 6.07) is 9.52. The van der Waals surface area contributed by atoms with Gasteiger partial charge >= 0.3 is 0 Å². The number of hydrogen-bond donors (Lipinski definition) is 1. The molecule has 8 heteroatoms. The zero-order valence-electron chi connectivity index (χ0n) is 15.5. The van der Waals surface area contributed by atoms with Crippen LogP contribution in [0, 0.1) is 5.92 Å². The first kappa shape index (κ1) is 19.6. The third-order valence-corrected chi connectivity index (χ3v) is 6.75. The van der Waals surface area contributed by atoms with Crippen molar-refractivity contribution in [3.05, 3.63) is 48.3 Å². The van der Waals surface area contributed by atoms with Crippen LogP contribution in [0.3, 0.4) is 0 Å². The van der Waals surface area contributed by atoms with Crippen LogP contribution in [0.1, 0.15) is 31.7 Å². The van der Waals surface area contributed by atoms with Crippen LogP contribution < -0.4 is 5.32 Å². The van der Waals surface area contributed by atoms with Crippen LogP contribution in [0.5, 0.6) is 0 Å². The van der Waals surface area contributed by atoms with Crippen molar-refractivity contribution in [2.75, 3.05) is 24.2 Å². The van der Waals surface area contributed by atoms with Gasteiger partial charge in [-0.2, -0.15) is 5.10 Å². The molecule has 2 heterocycles. The van der Waals surface area contributed by atoms with Gasteiger partial charge in [0.1, 0.15) is 0 Å². The highest BCUT2D eigenvalue weighted by molar-refractivity contribution is 7.89. The van der Waals surface area contributed by atoms with Crippen LogP contribution in [0.15, 0.2) is 42.7 Å². The van der Waals surface area contributed by atoms with E-state index in [4.69, 9.17) is 0 Å². The molecule has 146 valence electrons. The predicted octanol–water partition coefficient (Wildman–Crippen LogP) is 2.32. The van der Waals surface area contributed by atoms with Crippen LogP contribution in [-0.4, -0.2) is 47.3 Å². The largest absolute Gasteiger partial charge is 0.326 e. The van der Waals surface area contributed by atoms with Crippen molar-refractivity contribution >= 4 is 21.6 Å². The van der Waals surface area contributed by atoms with Crippen LogP contribution in [0.2, 0.25) is 0 Å². The minimum absolute atomic E-state index is 0.123. The van der Waals surface area contributed by atoms with Crippen LogP contribution in [0.4, 0.5) is 5.69 Å². The van der Waals surface area contributed by atoms with Gasteiger partial charge in [-0.1, -0.05) is 19.1 Å². The van der Waals surface area contributed by atoms with Crippen LogP contribution in [0.25, 0.3) is 0 Å². The summed E-state index contributed by atoms with van der Waals surface area (Å²) in [6.07, 6.45) is 5.61. The zero-order valence-corrected chi connectivity index (χ0v) is 16.4. The number of rotatable bonds is 7. The number of carbonyl (C=O) groups is 1. The van der Waals surface area contributed by atoms with Gasteiger partial charge in [-0.25, -0.2) is 12.7 Å². The summed E-state index contributed by atoms with van der Waals surface area (Å²) < 4.78 is 27.9. The maximum atomic E-state index is 12.7. The van der Waals surface area contributed by atoms with E-state index in [0.717, 1.165) is 11.3 Å². The van der Waals surface area contributed by atoms with Gasteiger partial charge in [0.25, 0.3) is 0 Å². The molecule has 1 aliphatic rings. The molecule has 1 fully saturated rings. The molecule has 1 unspecified atom stereocenters. The molecule has 3 rings (SSSR count). The number of amides is 1. The molecule has 1 saturated heterocycles. The van der Waals surface area contributed by atoms with E-state index in [1.165, 1.54) is 4.31 Å². The molecule has 27 heavy (non-hydrogen) atoms. The smallest absolute Gasteiger partial charge is 0.228 e. The summed E-state index contributed by atoms with van der Waals surface area (Å²) in [5.41, 5.74) is 1.76. The molecule has 2 aromatic rings. The monoisotopic (exact) mass is 390 g/mol. The van der Waals surface area contributed by atoms with E-state index in [2.05, 4.69) is 10.4 Å². The summed E-state index contributed by atoms with van der Waals surface area (Å²) >= 11 is 0. The Morgan fingerprint density at radius 1 is 1.33 bits per heavy atom. The number of sulfonamides is 1. The van der Waals surface area contributed by atoms with Gasteiger partial charge in [-0.05, 0) is 43.0 Å². The minimum atomic E-state index is -3.26. The Balaban J connectivity index is 1.63. The van der Waals surface area contributed by atoms with E-state index in [1.54, 1.807) is 6.20 Å². The number of benzene rings is 1. The number of nitrogens with zero attached hydrogens (tertiary/aromatic N) is 3. The topological polar surface area (TPSA) is 84.3 Å². The molecule has 0 radical (unpaired) electrons. The Labute approximate surface area is 160 Å². The SMILES string of the molecule is CCCS(=O)(=O)N1CCCC(C(=O)Nc2cccc(Cn3cccn3)c2)C1. The van der Waals surface area contributed by atoms with E-state index in [9.17, 15) is 13.2 Å². The summed E-state index contributed by atoms with van der Waals surface area (Å²) in [6.45, 7) is 3.25. The van der Waals surface area contributed by atoms with Gasteiger partial charge in [0, 0.05) is 31.2 Å². The fourth-order valence-electron chi connectivity index (χ4n) is 3.37. The highest BCUT2D eigenvalue weighted by Crippen LogP contribution is 2.22. The molecule has 0 saturated carbocycles. The lowest BCUT2D eigenvalue weighted by Crippen LogP contribution is -2.44. The van der Waals surface area contributed by atoms with Crippen LogP contribution in [-0.2, 0) is 21.4 Å². The van der Waals surface area contributed by atoms with Gasteiger partial charge in [0.05, 0.1) is 18.2 Å². The Bertz CT molecular complexity index is 865. The standard InChI is InChI=1S/C19H26N4O3S/c1-2-12-27(25,26)23-11-4-7-17(15-23)19(24)21-18-8-3-6-16(13-18)14-22-10-5-9-20-22/h3,5-6,8-10,13,17H,2,4,7,11-12,14-15H2,1H3,(H,21,24). The van der Waals surface area contributed by atoms with Gasteiger partial charge < -0.3 is 5.32 Å². The lowest BCUT2D eigenvalue weighted by atomic mass is 9.98. The van der Waals surface area contributed by atoms with Gasteiger partial charge in [0.15, 0.2) is 0 Å². The van der Waals surface area contributed by atoms with E-state index in [1.807, 2.05) is 48.1 Å². The van der Waals surface area contributed by atoms with Gasteiger partial charge in [-0.3, -0.25) is 9.48 Å². The molecule has 0 bridgehead atoms. The lowest BCUT2D eigenvalue weighted by Gasteiger charge is -2.31. The summed E-state index contributed by atoms with van der Waals surface area (Å²) in [7, 11) is -3.26. The molecule has 1 aliphatic heterocycles. The predicted molar refractivity (Wildman–Crippen MR) is 105 cm³/mol. The Kier molecular flexibility index (Phi) is 6.28. The molecular formula is C19H26N4O3S. The number of nitrogens with one attached hydrogen (secondary N) is 1. The molecule has 1 aromatic carbocycles. The van der Waals surface area contributed by atoms with Crippen LogP contribution >= 0.6 is 0 Å². The lowest BCUT2D eigenvalue weighted by molar-refractivity contribution is -0.120. The van der Waals surface area contributed by atoms with E-state index < -0.39 is 10.0 Å². The second kappa shape index (κ2) is 8.67. The summed E-state index contributed by atoms with van der Waals surface area (Å²) in [4.78, 5) is 12.7. The quantitative estimate of drug-likeness (QED) is 0.786.